The molecule has 0 fully saturated rings. The second-order valence-electron chi connectivity index (χ2n) is 3.67. The summed E-state index contributed by atoms with van der Waals surface area (Å²) in [5.74, 6) is 0.213. The highest BCUT2D eigenvalue weighted by molar-refractivity contribution is 6.32. The summed E-state index contributed by atoms with van der Waals surface area (Å²) in [6, 6.07) is 7.01. The number of anilines is 1. The van der Waals surface area contributed by atoms with Crippen molar-refractivity contribution in [3.63, 3.8) is 0 Å². The second-order valence-corrected chi connectivity index (χ2v) is 4.07. The maximum atomic E-state index is 11.8. The van der Waals surface area contributed by atoms with Crippen molar-refractivity contribution >= 4 is 23.2 Å². The molecule has 0 aliphatic rings. The van der Waals surface area contributed by atoms with Gasteiger partial charge in [0.1, 0.15) is 5.75 Å². The topological polar surface area (TPSA) is 67.0 Å². The van der Waals surface area contributed by atoms with Gasteiger partial charge in [-0.25, -0.2) is 0 Å². The number of aromatic nitrogens is 2. The number of rotatable bonds is 4. The molecule has 2 aromatic rings. The fourth-order valence-corrected chi connectivity index (χ4v) is 1.53. The molecule has 5 nitrogen and oxygen atoms in total. The number of nitrogens with zero attached hydrogens (tertiary/aromatic N) is 1. The first-order chi connectivity index (χ1) is 8.66. The lowest BCUT2D eigenvalue weighted by Crippen LogP contribution is -2.30. The number of aromatic amines is 1. The third-order valence-electron chi connectivity index (χ3n) is 2.28. The maximum absolute atomic E-state index is 11.8. The van der Waals surface area contributed by atoms with Crippen LogP contribution in [0.2, 0.25) is 5.02 Å². The lowest BCUT2D eigenvalue weighted by atomic mass is 10.3. The third kappa shape index (κ3) is 3.01. The van der Waals surface area contributed by atoms with E-state index in [1.165, 1.54) is 6.20 Å². The second kappa shape index (κ2) is 5.55. The van der Waals surface area contributed by atoms with E-state index in [1.807, 2.05) is 0 Å². The molecule has 1 amide bonds. The molecule has 0 aliphatic carbocycles. The molecule has 0 spiro atoms. The molecule has 94 valence electrons. The number of para-hydroxylation sites is 1. The first-order valence-corrected chi connectivity index (χ1v) is 5.75. The molecule has 0 bridgehead atoms. The molecule has 0 saturated heterocycles. The Hall–Kier alpha value is -2.01. The number of carbonyl (C=O) groups excluding carboxylic acids is 1. The van der Waals surface area contributed by atoms with E-state index in [2.05, 4.69) is 15.5 Å². The first-order valence-electron chi connectivity index (χ1n) is 5.37. The summed E-state index contributed by atoms with van der Waals surface area (Å²) in [7, 11) is 0. The average molecular weight is 266 g/mol. The number of amides is 1. The van der Waals surface area contributed by atoms with Gasteiger partial charge in [0.15, 0.2) is 6.10 Å². The van der Waals surface area contributed by atoms with Gasteiger partial charge in [-0.15, -0.1) is 0 Å². The highest BCUT2D eigenvalue weighted by atomic mass is 35.5. The van der Waals surface area contributed by atoms with Crippen molar-refractivity contribution in [2.75, 3.05) is 5.32 Å². The Labute approximate surface area is 109 Å². The van der Waals surface area contributed by atoms with Crippen LogP contribution >= 0.6 is 11.6 Å². The van der Waals surface area contributed by atoms with Crippen LogP contribution in [-0.4, -0.2) is 22.2 Å². The zero-order chi connectivity index (χ0) is 13.0. The van der Waals surface area contributed by atoms with Crippen LogP contribution in [0.5, 0.6) is 5.75 Å². The first kappa shape index (κ1) is 12.4. The summed E-state index contributed by atoms with van der Waals surface area (Å²) in [6.07, 6.45) is 2.44. The Morgan fingerprint density at radius 2 is 2.28 bits per heavy atom. The molecule has 6 heteroatoms. The van der Waals surface area contributed by atoms with Gasteiger partial charge in [0.25, 0.3) is 5.91 Å². The molecule has 0 saturated carbocycles. The minimum atomic E-state index is -0.653. The predicted octanol–water partition coefficient (Wildman–Crippen LogP) is 2.47. The van der Waals surface area contributed by atoms with Gasteiger partial charge >= 0.3 is 0 Å². The molecule has 2 N–H and O–H groups in total. The van der Waals surface area contributed by atoms with Crippen molar-refractivity contribution in [2.24, 2.45) is 0 Å². The van der Waals surface area contributed by atoms with Crippen LogP contribution in [0.25, 0.3) is 0 Å². The number of halogens is 1. The van der Waals surface area contributed by atoms with Crippen molar-refractivity contribution in [3.8, 4) is 5.75 Å². The van der Waals surface area contributed by atoms with E-state index >= 15 is 0 Å². The van der Waals surface area contributed by atoms with Gasteiger partial charge in [-0.1, -0.05) is 23.7 Å². The molecule has 0 radical (unpaired) electrons. The smallest absolute Gasteiger partial charge is 0.265 e. The minimum Gasteiger partial charge on any atom is -0.479 e. The zero-order valence-electron chi connectivity index (χ0n) is 9.68. The fraction of sp³-hybridized carbons (Fsp3) is 0.167. The highest BCUT2D eigenvalue weighted by Gasteiger charge is 2.16. The molecule has 1 atom stereocenters. The Morgan fingerprint density at radius 1 is 1.50 bits per heavy atom. The molecule has 0 aliphatic heterocycles. The van der Waals surface area contributed by atoms with Crippen molar-refractivity contribution in [1.82, 2.24) is 10.2 Å². The van der Waals surface area contributed by atoms with Crippen LogP contribution in [0.1, 0.15) is 6.92 Å². The van der Waals surface area contributed by atoms with E-state index in [4.69, 9.17) is 16.3 Å². The van der Waals surface area contributed by atoms with Crippen LogP contribution in [-0.2, 0) is 4.79 Å². The Morgan fingerprint density at radius 3 is 2.94 bits per heavy atom. The summed E-state index contributed by atoms with van der Waals surface area (Å²) in [5.41, 5.74) is 0.592. The highest BCUT2D eigenvalue weighted by Crippen LogP contribution is 2.24. The lowest BCUT2D eigenvalue weighted by molar-refractivity contribution is -0.122. The monoisotopic (exact) mass is 265 g/mol. The number of hydrogen-bond acceptors (Lipinski definition) is 3. The number of hydrogen-bond donors (Lipinski definition) is 2. The summed E-state index contributed by atoms with van der Waals surface area (Å²) >= 11 is 5.94. The molecule has 1 aromatic carbocycles. The van der Waals surface area contributed by atoms with Crippen LogP contribution < -0.4 is 10.1 Å². The third-order valence-corrected chi connectivity index (χ3v) is 2.59. The van der Waals surface area contributed by atoms with Crippen LogP contribution in [0.15, 0.2) is 36.7 Å². The van der Waals surface area contributed by atoms with E-state index in [9.17, 15) is 4.79 Å². The van der Waals surface area contributed by atoms with E-state index in [0.717, 1.165) is 0 Å². The van der Waals surface area contributed by atoms with E-state index in [-0.39, 0.29) is 5.91 Å². The van der Waals surface area contributed by atoms with Gasteiger partial charge in [0.05, 0.1) is 16.9 Å². The quantitative estimate of drug-likeness (QED) is 0.892. The molecule has 18 heavy (non-hydrogen) atoms. The number of H-pyrrole nitrogens is 1. The molecular formula is C12H12ClN3O2. The summed E-state index contributed by atoms with van der Waals surface area (Å²) in [4.78, 5) is 11.8. The van der Waals surface area contributed by atoms with Gasteiger partial charge in [-0.3, -0.25) is 9.89 Å². The predicted molar refractivity (Wildman–Crippen MR) is 68.8 cm³/mol. The minimum absolute atomic E-state index is 0.267. The number of nitrogens with one attached hydrogen (secondary N) is 2. The summed E-state index contributed by atoms with van der Waals surface area (Å²) in [6.45, 7) is 1.65. The van der Waals surface area contributed by atoms with Crippen molar-refractivity contribution in [1.29, 1.82) is 0 Å². The van der Waals surface area contributed by atoms with E-state index in [1.54, 1.807) is 37.4 Å². The maximum Gasteiger partial charge on any atom is 0.265 e. The van der Waals surface area contributed by atoms with Crippen LogP contribution in [0, 0.1) is 0 Å². The summed E-state index contributed by atoms with van der Waals surface area (Å²) < 4.78 is 5.48. The SMILES string of the molecule is CC(Oc1ccccc1Cl)C(=O)Nc1cn[nH]c1. The standard InChI is InChI=1S/C12H12ClN3O2/c1-8(12(17)16-9-6-14-15-7-9)18-11-5-3-2-4-10(11)13/h2-8H,1H3,(H,14,15)(H,16,17). The largest absolute Gasteiger partial charge is 0.479 e. The number of ether oxygens (including phenoxy) is 1. The van der Waals surface area contributed by atoms with Gasteiger partial charge in [-0.2, -0.15) is 5.10 Å². The zero-order valence-corrected chi connectivity index (χ0v) is 10.4. The molecule has 1 heterocycles. The number of benzene rings is 1. The average Bonchev–Trinajstić information content (AvgIpc) is 2.84. The Kier molecular flexibility index (Phi) is 3.84. The lowest BCUT2D eigenvalue weighted by Gasteiger charge is -2.14. The summed E-state index contributed by atoms with van der Waals surface area (Å²) in [5, 5.41) is 9.47. The van der Waals surface area contributed by atoms with Crippen molar-refractivity contribution < 1.29 is 9.53 Å². The molecule has 1 unspecified atom stereocenters. The van der Waals surface area contributed by atoms with Gasteiger partial charge in [0.2, 0.25) is 0 Å². The molecule has 2 rings (SSSR count). The Balaban J connectivity index is 1.97. The van der Waals surface area contributed by atoms with E-state index in [0.29, 0.717) is 16.5 Å². The van der Waals surface area contributed by atoms with Crippen molar-refractivity contribution in [3.05, 3.63) is 41.7 Å². The van der Waals surface area contributed by atoms with Crippen LogP contribution in [0.4, 0.5) is 5.69 Å². The van der Waals surface area contributed by atoms with Crippen LogP contribution in [0.3, 0.4) is 0 Å². The normalized spacial score (nSPS) is 11.9. The number of carbonyl (C=O) groups is 1. The molecular weight excluding hydrogens is 254 g/mol. The van der Waals surface area contributed by atoms with Gasteiger partial charge < -0.3 is 10.1 Å². The van der Waals surface area contributed by atoms with Gasteiger partial charge in [-0.05, 0) is 19.1 Å². The van der Waals surface area contributed by atoms with E-state index < -0.39 is 6.10 Å². The Bertz CT molecular complexity index is 528. The van der Waals surface area contributed by atoms with Gasteiger partial charge in [0, 0.05) is 6.20 Å². The molecule has 1 aromatic heterocycles. The van der Waals surface area contributed by atoms with Crippen molar-refractivity contribution in [2.45, 2.75) is 13.0 Å². The fourth-order valence-electron chi connectivity index (χ4n) is 1.35.